The molecular weight excluding hydrogens is 471 g/mol. The van der Waals surface area contributed by atoms with Crippen LogP contribution in [0.15, 0.2) is 42.7 Å². The van der Waals surface area contributed by atoms with E-state index in [2.05, 4.69) is 21.0 Å². The summed E-state index contributed by atoms with van der Waals surface area (Å²) in [7, 11) is 0. The molecule has 0 atom stereocenters. The maximum absolute atomic E-state index is 15.3. The lowest BCUT2D eigenvalue weighted by molar-refractivity contribution is -0.106. The Balaban J connectivity index is 0.000000917. The summed E-state index contributed by atoms with van der Waals surface area (Å²) >= 11 is 1.59. The van der Waals surface area contributed by atoms with Crippen molar-refractivity contribution >= 4 is 29.5 Å². The van der Waals surface area contributed by atoms with E-state index < -0.39 is 11.9 Å². The lowest BCUT2D eigenvalue weighted by atomic mass is 9.95. The summed E-state index contributed by atoms with van der Waals surface area (Å²) in [5.74, 6) is -0.504. The van der Waals surface area contributed by atoms with E-state index in [0.717, 1.165) is 50.9 Å². The lowest BCUT2D eigenvalue weighted by Gasteiger charge is -2.15. The van der Waals surface area contributed by atoms with Gasteiger partial charge in [-0.2, -0.15) is 5.10 Å². The second-order valence-corrected chi connectivity index (χ2v) is 8.69. The molecule has 0 unspecified atom stereocenters. The number of amides is 2. The van der Waals surface area contributed by atoms with Gasteiger partial charge < -0.3 is 10.5 Å². The molecule has 0 spiro atoms. The Hall–Kier alpha value is -4.12. The van der Waals surface area contributed by atoms with Crippen LogP contribution in [0.3, 0.4) is 0 Å². The minimum atomic E-state index is -0.625. The molecule has 2 amide bonds. The van der Waals surface area contributed by atoms with Crippen LogP contribution in [0.1, 0.15) is 23.2 Å². The van der Waals surface area contributed by atoms with Crippen molar-refractivity contribution in [2.24, 2.45) is 5.73 Å². The highest BCUT2D eigenvalue weighted by molar-refractivity contribution is 7.15. The molecule has 0 bridgehead atoms. The number of carbonyl (C=O) groups is 2. The number of nitrogens with zero attached hydrogens (tertiary/aromatic N) is 4. The van der Waals surface area contributed by atoms with Crippen LogP contribution in [0.2, 0.25) is 0 Å². The Morgan fingerprint density at radius 1 is 1.34 bits per heavy atom. The number of benzene rings is 1. The standard InChI is InChI=1S/C23H20FN5O2S.CH3NO/c1-3-31-23(30)27-15-6-9-19(17(24)11-15)29-21-16(7-8-18-22(21)32-13(2)26-18)20(28-29)14-5-4-10-25-12-14;2-1-3/h4-6,9-12H,3,7-8H2,1-2H3,(H,27,30);1H,(H2,2,3). The van der Waals surface area contributed by atoms with Gasteiger partial charge in [0.1, 0.15) is 5.69 Å². The zero-order chi connectivity index (χ0) is 24.9. The van der Waals surface area contributed by atoms with Gasteiger partial charge >= 0.3 is 6.09 Å². The molecule has 9 nitrogen and oxygen atoms in total. The molecule has 0 fully saturated rings. The van der Waals surface area contributed by atoms with E-state index in [1.54, 1.807) is 47.5 Å². The first kappa shape index (κ1) is 24.0. The number of halogens is 1. The number of nitrogens with two attached hydrogens (primary N) is 1. The third-order valence-corrected chi connectivity index (χ3v) is 6.27. The zero-order valence-electron chi connectivity index (χ0n) is 19.1. The van der Waals surface area contributed by atoms with E-state index in [4.69, 9.17) is 14.6 Å². The highest BCUT2D eigenvalue weighted by Gasteiger charge is 2.30. The maximum atomic E-state index is 15.3. The molecular formula is C24H23FN6O3S. The van der Waals surface area contributed by atoms with Crippen molar-refractivity contribution in [1.82, 2.24) is 19.7 Å². The molecule has 0 saturated heterocycles. The summed E-state index contributed by atoms with van der Waals surface area (Å²) in [6.07, 6.45) is 4.69. The number of pyridine rings is 1. The van der Waals surface area contributed by atoms with Gasteiger partial charge in [0.25, 0.3) is 0 Å². The van der Waals surface area contributed by atoms with E-state index in [0.29, 0.717) is 11.4 Å². The Morgan fingerprint density at radius 3 is 2.83 bits per heavy atom. The van der Waals surface area contributed by atoms with Crippen molar-refractivity contribution < 1.29 is 18.7 Å². The number of thiazole rings is 1. The average molecular weight is 495 g/mol. The number of carbonyl (C=O) groups excluding carboxylic acids is 2. The number of ether oxygens (including phenoxy) is 1. The van der Waals surface area contributed by atoms with Crippen LogP contribution in [-0.2, 0) is 22.4 Å². The molecule has 4 aromatic rings. The summed E-state index contributed by atoms with van der Waals surface area (Å²) in [5.41, 5.74) is 9.38. The largest absolute Gasteiger partial charge is 0.450 e. The molecule has 180 valence electrons. The smallest absolute Gasteiger partial charge is 0.411 e. The van der Waals surface area contributed by atoms with E-state index in [9.17, 15) is 4.79 Å². The minimum Gasteiger partial charge on any atom is -0.450 e. The van der Waals surface area contributed by atoms with Crippen molar-refractivity contribution in [3.63, 3.8) is 0 Å². The topological polar surface area (TPSA) is 125 Å². The molecule has 11 heteroatoms. The van der Waals surface area contributed by atoms with Crippen LogP contribution in [0.4, 0.5) is 14.9 Å². The monoisotopic (exact) mass is 494 g/mol. The van der Waals surface area contributed by atoms with E-state index in [1.165, 1.54) is 6.07 Å². The van der Waals surface area contributed by atoms with Crippen molar-refractivity contribution in [3.8, 4) is 27.5 Å². The highest BCUT2D eigenvalue weighted by Crippen LogP contribution is 2.43. The molecule has 0 saturated carbocycles. The molecule has 5 rings (SSSR count). The number of hydrogen-bond acceptors (Lipinski definition) is 7. The second-order valence-electron chi connectivity index (χ2n) is 7.49. The Kier molecular flexibility index (Phi) is 7.16. The number of fused-ring (bicyclic) bond motifs is 3. The first-order valence-corrected chi connectivity index (χ1v) is 11.7. The van der Waals surface area contributed by atoms with E-state index >= 15 is 4.39 Å². The molecule has 1 aliphatic rings. The molecule has 0 radical (unpaired) electrons. The number of nitrogens with one attached hydrogen (secondary N) is 1. The van der Waals surface area contributed by atoms with E-state index in [1.807, 2.05) is 19.1 Å². The minimum absolute atomic E-state index is 0.236. The van der Waals surface area contributed by atoms with Crippen molar-refractivity contribution in [2.75, 3.05) is 11.9 Å². The second kappa shape index (κ2) is 10.4. The summed E-state index contributed by atoms with van der Waals surface area (Å²) in [6, 6.07) is 8.33. The van der Waals surface area contributed by atoms with E-state index in [-0.39, 0.29) is 13.0 Å². The normalized spacial score (nSPS) is 11.5. The molecule has 0 aliphatic heterocycles. The van der Waals surface area contributed by atoms with Crippen LogP contribution in [0.5, 0.6) is 0 Å². The number of rotatable bonds is 4. The maximum Gasteiger partial charge on any atom is 0.411 e. The van der Waals surface area contributed by atoms with Crippen LogP contribution in [0.25, 0.3) is 27.5 Å². The molecule has 3 heterocycles. The number of aromatic nitrogens is 4. The van der Waals surface area contributed by atoms with Gasteiger partial charge in [-0.25, -0.2) is 18.9 Å². The number of anilines is 1. The summed E-state index contributed by atoms with van der Waals surface area (Å²) in [5, 5.41) is 8.32. The fourth-order valence-electron chi connectivity index (χ4n) is 3.94. The molecule has 3 N–H and O–H groups in total. The van der Waals surface area contributed by atoms with Gasteiger partial charge in [0.2, 0.25) is 6.41 Å². The van der Waals surface area contributed by atoms with Crippen LogP contribution < -0.4 is 11.1 Å². The highest BCUT2D eigenvalue weighted by atomic mass is 32.1. The Labute approximate surface area is 204 Å². The molecule has 1 aliphatic carbocycles. The predicted octanol–water partition coefficient (Wildman–Crippen LogP) is 4.27. The van der Waals surface area contributed by atoms with Gasteiger partial charge in [0.15, 0.2) is 5.82 Å². The van der Waals surface area contributed by atoms with Gasteiger partial charge in [0.05, 0.1) is 33.6 Å². The Morgan fingerprint density at radius 2 is 2.14 bits per heavy atom. The van der Waals surface area contributed by atoms with Crippen LogP contribution >= 0.6 is 11.3 Å². The summed E-state index contributed by atoms with van der Waals surface area (Å²) in [6.45, 7) is 3.92. The third-order valence-electron chi connectivity index (χ3n) is 5.25. The Bertz CT molecular complexity index is 1370. The quantitative estimate of drug-likeness (QED) is 0.408. The van der Waals surface area contributed by atoms with Gasteiger partial charge in [0, 0.05) is 29.2 Å². The van der Waals surface area contributed by atoms with Gasteiger partial charge in [-0.05, 0) is 57.0 Å². The molecule has 35 heavy (non-hydrogen) atoms. The molecule has 1 aromatic carbocycles. The number of hydrogen-bond donors (Lipinski definition) is 2. The fraction of sp³-hybridized carbons (Fsp3) is 0.208. The van der Waals surface area contributed by atoms with Crippen molar-refractivity contribution in [3.05, 3.63) is 64.8 Å². The summed E-state index contributed by atoms with van der Waals surface area (Å²) in [4.78, 5) is 30.2. The van der Waals surface area contributed by atoms with Crippen LogP contribution in [-0.4, -0.2) is 38.9 Å². The zero-order valence-corrected chi connectivity index (χ0v) is 19.9. The van der Waals surface area contributed by atoms with Crippen molar-refractivity contribution in [1.29, 1.82) is 0 Å². The third kappa shape index (κ3) is 4.90. The molecule has 3 aromatic heterocycles. The number of aryl methyl sites for hydroxylation is 2. The lowest BCUT2D eigenvalue weighted by Crippen LogP contribution is -2.14. The predicted molar refractivity (Wildman–Crippen MR) is 131 cm³/mol. The van der Waals surface area contributed by atoms with Gasteiger partial charge in [-0.3, -0.25) is 15.1 Å². The van der Waals surface area contributed by atoms with Gasteiger partial charge in [-0.15, -0.1) is 11.3 Å². The average Bonchev–Trinajstić information content (AvgIpc) is 3.40. The number of primary amides is 1. The van der Waals surface area contributed by atoms with Gasteiger partial charge in [-0.1, -0.05) is 0 Å². The SMILES string of the molecule is CCOC(=O)Nc1ccc(-n2nc(-c3cccnc3)c3c2-c2sc(C)nc2CC3)c(F)c1.NC=O. The van der Waals surface area contributed by atoms with Crippen molar-refractivity contribution in [2.45, 2.75) is 26.7 Å². The van der Waals surface area contributed by atoms with Crippen LogP contribution in [0, 0.1) is 12.7 Å². The summed E-state index contributed by atoms with van der Waals surface area (Å²) < 4.78 is 21.8. The first-order valence-electron chi connectivity index (χ1n) is 10.8. The fourth-order valence-corrected chi connectivity index (χ4v) is 4.96. The first-order chi connectivity index (χ1) is 17.0.